The predicted octanol–water partition coefficient (Wildman–Crippen LogP) is 5.43. The maximum atomic E-state index is 12.6. The van der Waals surface area contributed by atoms with Crippen LogP contribution in [-0.2, 0) is 11.2 Å². The van der Waals surface area contributed by atoms with Gasteiger partial charge < -0.3 is 10.3 Å². The molecule has 0 bridgehead atoms. The average molecular weight is 341 g/mol. The largest absolute Gasteiger partial charge is 0.358 e. The van der Waals surface area contributed by atoms with E-state index in [0.29, 0.717) is 17.4 Å². The van der Waals surface area contributed by atoms with Gasteiger partial charge in [0.1, 0.15) is 0 Å². The molecule has 0 unspecified atom stereocenters. The molecule has 3 rings (SSSR count). The Morgan fingerprint density at radius 2 is 1.96 bits per heavy atom. The Labute approximate surface area is 147 Å². The molecule has 4 heteroatoms. The van der Waals surface area contributed by atoms with Gasteiger partial charge in [-0.15, -0.1) is 0 Å². The van der Waals surface area contributed by atoms with Gasteiger partial charge in [0.2, 0.25) is 5.91 Å². The van der Waals surface area contributed by atoms with E-state index in [1.807, 2.05) is 43.3 Å². The third-order valence-electron chi connectivity index (χ3n) is 4.28. The zero-order valence-corrected chi connectivity index (χ0v) is 14.9. The van der Waals surface area contributed by atoms with Crippen LogP contribution in [0.3, 0.4) is 0 Å². The highest BCUT2D eigenvalue weighted by Crippen LogP contribution is 2.27. The molecule has 0 aliphatic rings. The molecule has 0 aliphatic heterocycles. The number of amides is 1. The second-order valence-corrected chi connectivity index (χ2v) is 6.82. The molecule has 124 valence electrons. The number of fused-ring (bicyclic) bond motifs is 1. The fourth-order valence-corrected chi connectivity index (χ4v) is 3.22. The molecule has 0 fully saturated rings. The second-order valence-electron chi connectivity index (χ2n) is 6.39. The quantitative estimate of drug-likeness (QED) is 0.653. The van der Waals surface area contributed by atoms with Crippen molar-refractivity contribution < 1.29 is 4.79 Å². The number of aromatic nitrogens is 1. The summed E-state index contributed by atoms with van der Waals surface area (Å²) in [6.45, 7) is 6.23. The summed E-state index contributed by atoms with van der Waals surface area (Å²) in [7, 11) is 0. The van der Waals surface area contributed by atoms with E-state index in [1.165, 1.54) is 0 Å². The van der Waals surface area contributed by atoms with E-state index in [0.717, 1.165) is 33.4 Å². The van der Waals surface area contributed by atoms with Gasteiger partial charge in [-0.25, -0.2) is 0 Å². The van der Waals surface area contributed by atoms with Crippen LogP contribution in [-0.4, -0.2) is 10.9 Å². The van der Waals surface area contributed by atoms with Crippen molar-refractivity contribution in [1.29, 1.82) is 0 Å². The minimum absolute atomic E-state index is 0.0212. The minimum Gasteiger partial charge on any atom is -0.358 e. The molecule has 0 atom stereocenters. The molecule has 0 aliphatic carbocycles. The summed E-state index contributed by atoms with van der Waals surface area (Å²) in [5.74, 6) is 0.335. The van der Waals surface area contributed by atoms with Crippen molar-refractivity contribution in [2.75, 3.05) is 5.32 Å². The third-order valence-corrected chi connectivity index (χ3v) is 4.51. The van der Waals surface area contributed by atoms with Gasteiger partial charge in [-0.2, -0.15) is 0 Å². The maximum Gasteiger partial charge on any atom is 0.228 e. The third kappa shape index (κ3) is 3.31. The Morgan fingerprint density at radius 3 is 2.71 bits per heavy atom. The lowest BCUT2D eigenvalue weighted by Gasteiger charge is -2.13. The number of H-pyrrole nitrogens is 1. The minimum atomic E-state index is -0.0212. The van der Waals surface area contributed by atoms with Gasteiger partial charge in [0, 0.05) is 27.3 Å². The lowest BCUT2D eigenvalue weighted by atomic mass is 10.0. The van der Waals surface area contributed by atoms with E-state index >= 15 is 0 Å². The predicted molar refractivity (Wildman–Crippen MR) is 101 cm³/mol. The second kappa shape index (κ2) is 6.70. The molecule has 0 saturated carbocycles. The number of nitrogens with one attached hydrogen (secondary N) is 2. The highest BCUT2D eigenvalue weighted by Gasteiger charge is 2.14. The maximum absolute atomic E-state index is 12.6. The van der Waals surface area contributed by atoms with E-state index in [4.69, 9.17) is 11.6 Å². The van der Waals surface area contributed by atoms with Crippen LogP contribution in [0.4, 0.5) is 5.69 Å². The first kappa shape index (κ1) is 16.6. The lowest BCUT2D eigenvalue weighted by Crippen LogP contribution is -2.16. The highest BCUT2D eigenvalue weighted by molar-refractivity contribution is 6.31. The van der Waals surface area contributed by atoms with Gasteiger partial charge in [-0.05, 0) is 48.2 Å². The van der Waals surface area contributed by atoms with Gasteiger partial charge in [0.15, 0.2) is 0 Å². The van der Waals surface area contributed by atoms with Crippen LogP contribution in [0, 0.1) is 6.92 Å². The molecule has 3 nitrogen and oxygen atoms in total. The fourth-order valence-electron chi connectivity index (χ4n) is 3.05. The molecule has 0 radical (unpaired) electrons. The van der Waals surface area contributed by atoms with E-state index in [2.05, 4.69) is 30.2 Å². The number of hydrogen-bond donors (Lipinski definition) is 2. The summed E-state index contributed by atoms with van der Waals surface area (Å²) in [6.07, 6.45) is 0.318. The molecule has 24 heavy (non-hydrogen) atoms. The van der Waals surface area contributed by atoms with Crippen molar-refractivity contribution in [1.82, 2.24) is 4.98 Å². The van der Waals surface area contributed by atoms with Crippen molar-refractivity contribution in [3.63, 3.8) is 0 Å². The zero-order chi connectivity index (χ0) is 17.3. The number of aryl methyl sites for hydroxylation is 1. The first-order valence-corrected chi connectivity index (χ1v) is 8.49. The number of aromatic amines is 1. The van der Waals surface area contributed by atoms with Gasteiger partial charge >= 0.3 is 0 Å². The van der Waals surface area contributed by atoms with Crippen LogP contribution in [0.2, 0.25) is 5.02 Å². The monoisotopic (exact) mass is 340 g/mol. The Balaban J connectivity index is 1.86. The smallest absolute Gasteiger partial charge is 0.228 e. The van der Waals surface area contributed by atoms with Crippen LogP contribution in [0.5, 0.6) is 0 Å². The lowest BCUT2D eigenvalue weighted by molar-refractivity contribution is -0.115. The molecular formula is C20H21ClN2O. The van der Waals surface area contributed by atoms with Gasteiger partial charge in [-0.1, -0.05) is 43.6 Å². The van der Waals surface area contributed by atoms with E-state index in [-0.39, 0.29) is 5.91 Å². The molecule has 3 aromatic rings. The SMILES string of the molecule is Cc1[nH]c2ccc(Cl)cc2c1CC(=O)Nc1ccccc1C(C)C. The van der Waals surface area contributed by atoms with Gasteiger partial charge in [-0.3, -0.25) is 4.79 Å². The molecule has 0 saturated heterocycles. The number of carbonyl (C=O) groups excluding carboxylic acids is 1. The average Bonchev–Trinajstić information content (AvgIpc) is 2.83. The molecular weight excluding hydrogens is 320 g/mol. The fraction of sp³-hybridized carbons (Fsp3) is 0.250. The summed E-state index contributed by atoms with van der Waals surface area (Å²) in [4.78, 5) is 15.9. The van der Waals surface area contributed by atoms with E-state index in [1.54, 1.807) is 0 Å². The van der Waals surface area contributed by atoms with Crippen LogP contribution in [0.25, 0.3) is 10.9 Å². The highest BCUT2D eigenvalue weighted by atomic mass is 35.5. The van der Waals surface area contributed by atoms with Crippen LogP contribution in [0.1, 0.15) is 36.6 Å². The molecule has 0 spiro atoms. The van der Waals surface area contributed by atoms with Crippen LogP contribution >= 0.6 is 11.6 Å². The van der Waals surface area contributed by atoms with Crippen LogP contribution in [0.15, 0.2) is 42.5 Å². The number of anilines is 1. The first-order chi connectivity index (χ1) is 11.5. The number of para-hydroxylation sites is 1. The Morgan fingerprint density at radius 1 is 1.21 bits per heavy atom. The van der Waals surface area contributed by atoms with Crippen molar-refractivity contribution >= 4 is 34.1 Å². The molecule has 1 amide bonds. The van der Waals surface area contributed by atoms with Gasteiger partial charge in [0.05, 0.1) is 6.42 Å². The molecule has 1 heterocycles. The normalized spacial score (nSPS) is 11.2. The number of benzene rings is 2. The number of hydrogen-bond acceptors (Lipinski definition) is 1. The molecule has 1 aromatic heterocycles. The van der Waals surface area contributed by atoms with Crippen LogP contribution < -0.4 is 5.32 Å². The standard InChI is InChI=1S/C20H21ClN2O/c1-12(2)15-6-4-5-7-18(15)23-20(24)11-16-13(3)22-19-9-8-14(21)10-17(16)19/h4-10,12,22H,11H2,1-3H3,(H,23,24). The van der Waals surface area contributed by atoms with Crippen molar-refractivity contribution in [2.24, 2.45) is 0 Å². The van der Waals surface area contributed by atoms with Crippen molar-refractivity contribution in [3.8, 4) is 0 Å². The summed E-state index contributed by atoms with van der Waals surface area (Å²) in [5, 5.41) is 4.73. The van der Waals surface area contributed by atoms with E-state index in [9.17, 15) is 4.79 Å². The first-order valence-electron chi connectivity index (χ1n) is 8.11. The molecule has 2 N–H and O–H groups in total. The molecule has 2 aromatic carbocycles. The zero-order valence-electron chi connectivity index (χ0n) is 14.1. The summed E-state index contributed by atoms with van der Waals surface area (Å²) < 4.78 is 0. The van der Waals surface area contributed by atoms with Gasteiger partial charge in [0.25, 0.3) is 0 Å². The number of carbonyl (C=O) groups is 1. The van der Waals surface area contributed by atoms with Crippen molar-refractivity contribution in [3.05, 3.63) is 64.3 Å². The number of rotatable bonds is 4. The topological polar surface area (TPSA) is 44.9 Å². The van der Waals surface area contributed by atoms with E-state index < -0.39 is 0 Å². The summed E-state index contributed by atoms with van der Waals surface area (Å²) in [6, 6.07) is 13.6. The summed E-state index contributed by atoms with van der Waals surface area (Å²) in [5.41, 5.74) is 5.02. The Hall–Kier alpha value is -2.26. The van der Waals surface area contributed by atoms with Crippen molar-refractivity contribution in [2.45, 2.75) is 33.1 Å². The summed E-state index contributed by atoms with van der Waals surface area (Å²) >= 11 is 6.11. The number of halogens is 1. The Kier molecular flexibility index (Phi) is 4.63. The Bertz CT molecular complexity index is 896.